The zero-order chi connectivity index (χ0) is 27.4. The molecule has 5 rings (SSSR count). The van der Waals surface area contributed by atoms with Crippen molar-refractivity contribution in [1.82, 2.24) is 20.5 Å². The Morgan fingerprint density at radius 1 is 1.05 bits per heavy atom. The largest absolute Gasteiger partial charge is 0.438 e. The third kappa shape index (κ3) is 7.79. The third-order valence-corrected chi connectivity index (χ3v) is 7.54. The Hall–Kier alpha value is -3.04. The Bertz CT molecular complexity index is 1270. The summed E-state index contributed by atoms with van der Waals surface area (Å²) in [4.78, 5) is 19.6. The number of benzene rings is 2. The number of aromatic nitrogens is 1. The average Bonchev–Trinajstić information content (AvgIpc) is 2.91. The van der Waals surface area contributed by atoms with E-state index in [9.17, 15) is 9.18 Å². The summed E-state index contributed by atoms with van der Waals surface area (Å²) in [5.74, 6) is -0.375. The minimum Gasteiger partial charge on any atom is -0.438 e. The van der Waals surface area contributed by atoms with E-state index < -0.39 is 11.7 Å². The van der Waals surface area contributed by atoms with Crippen LogP contribution >= 0.6 is 12.4 Å². The van der Waals surface area contributed by atoms with Gasteiger partial charge in [-0.3, -0.25) is 9.69 Å². The predicted octanol–water partition coefficient (Wildman–Crippen LogP) is 5.28. The van der Waals surface area contributed by atoms with Gasteiger partial charge in [0.25, 0.3) is 5.91 Å². The maximum absolute atomic E-state index is 14.1. The summed E-state index contributed by atoms with van der Waals surface area (Å²) in [5, 5.41) is 6.57. The van der Waals surface area contributed by atoms with Crippen LogP contribution in [0.5, 0.6) is 11.6 Å². The molecule has 214 valence electrons. The summed E-state index contributed by atoms with van der Waals surface area (Å²) in [6.45, 7) is 7.46. The van der Waals surface area contributed by atoms with Gasteiger partial charge in [0, 0.05) is 43.8 Å². The minimum atomic E-state index is -0.586. The van der Waals surface area contributed by atoms with Gasteiger partial charge in [-0.15, -0.1) is 12.4 Å². The summed E-state index contributed by atoms with van der Waals surface area (Å²) in [7, 11) is 0. The topological polar surface area (TPSA) is 92.5 Å². The standard InChI is InChI=1S/C31H38FN5O2.ClH/c1-20-17-37(18-21(2)35-20)19-22-6-8-23(9-7-22)24-4-3-5-28(14-24)39-31-29(15-25(32)16-34-31)30(38)36-27-12-10-26(33)11-13-27;/h3-9,14-16,20-21,26-27,35H,10-13,17-19,33H2,1-2H3,(H,36,38);1H/t20-,21+,26?,27?;. The second-order valence-electron chi connectivity index (χ2n) is 11.1. The number of nitrogens with one attached hydrogen (secondary N) is 2. The van der Waals surface area contributed by atoms with E-state index >= 15 is 0 Å². The smallest absolute Gasteiger partial charge is 0.257 e. The lowest BCUT2D eigenvalue weighted by atomic mass is 9.91. The molecule has 2 heterocycles. The molecule has 40 heavy (non-hydrogen) atoms. The summed E-state index contributed by atoms with van der Waals surface area (Å²) >= 11 is 0. The Morgan fingerprint density at radius 2 is 1.75 bits per heavy atom. The van der Waals surface area contributed by atoms with E-state index in [0.717, 1.165) is 62.6 Å². The van der Waals surface area contributed by atoms with E-state index in [1.54, 1.807) is 6.07 Å². The van der Waals surface area contributed by atoms with Gasteiger partial charge in [0.1, 0.15) is 17.1 Å². The van der Waals surface area contributed by atoms with Gasteiger partial charge in [-0.05, 0) is 74.4 Å². The molecule has 2 fully saturated rings. The average molecular weight is 568 g/mol. The summed E-state index contributed by atoms with van der Waals surface area (Å²) in [6.07, 6.45) is 4.39. The van der Waals surface area contributed by atoms with Crippen molar-refractivity contribution in [2.45, 2.75) is 70.2 Å². The van der Waals surface area contributed by atoms with E-state index in [0.29, 0.717) is 17.8 Å². The molecule has 7 nitrogen and oxygen atoms in total. The van der Waals surface area contributed by atoms with Gasteiger partial charge in [-0.25, -0.2) is 9.37 Å². The second-order valence-corrected chi connectivity index (χ2v) is 11.1. The number of nitrogens with zero attached hydrogens (tertiary/aromatic N) is 2. The van der Waals surface area contributed by atoms with Crippen LogP contribution in [0, 0.1) is 5.82 Å². The van der Waals surface area contributed by atoms with Gasteiger partial charge in [-0.1, -0.05) is 36.4 Å². The summed E-state index contributed by atoms with van der Waals surface area (Å²) in [5.41, 5.74) is 9.38. The molecule has 4 N–H and O–H groups in total. The zero-order valence-electron chi connectivity index (χ0n) is 23.1. The van der Waals surface area contributed by atoms with Crippen LogP contribution in [0.15, 0.2) is 60.8 Å². The van der Waals surface area contributed by atoms with Gasteiger partial charge in [0.15, 0.2) is 0 Å². The molecular formula is C31H39ClFN5O2. The fourth-order valence-corrected chi connectivity index (χ4v) is 5.68. The molecular weight excluding hydrogens is 529 g/mol. The van der Waals surface area contributed by atoms with E-state index in [1.165, 1.54) is 11.6 Å². The Balaban J connectivity index is 0.00000370. The number of hydrogen-bond acceptors (Lipinski definition) is 6. The number of nitrogens with two attached hydrogens (primary N) is 1. The van der Waals surface area contributed by atoms with Crippen molar-refractivity contribution < 1.29 is 13.9 Å². The van der Waals surface area contributed by atoms with E-state index in [-0.39, 0.29) is 35.9 Å². The summed E-state index contributed by atoms with van der Waals surface area (Å²) < 4.78 is 20.1. The first-order chi connectivity index (χ1) is 18.8. The van der Waals surface area contributed by atoms with Gasteiger partial charge >= 0.3 is 0 Å². The fourth-order valence-electron chi connectivity index (χ4n) is 5.68. The summed E-state index contributed by atoms with van der Waals surface area (Å²) in [6, 6.07) is 18.5. The molecule has 2 atom stereocenters. The molecule has 1 aromatic heterocycles. The molecule has 0 bridgehead atoms. The van der Waals surface area contributed by atoms with Crippen LogP contribution in [-0.2, 0) is 6.54 Å². The first-order valence-electron chi connectivity index (χ1n) is 13.9. The lowest BCUT2D eigenvalue weighted by molar-refractivity contribution is 0.0922. The highest BCUT2D eigenvalue weighted by molar-refractivity contribution is 5.96. The van der Waals surface area contributed by atoms with Crippen molar-refractivity contribution >= 4 is 18.3 Å². The van der Waals surface area contributed by atoms with Crippen LogP contribution in [0.4, 0.5) is 4.39 Å². The van der Waals surface area contributed by atoms with Crippen molar-refractivity contribution in [2.24, 2.45) is 5.73 Å². The van der Waals surface area contributed by atoms with Crippen molar-refractivity contribution in [3.63, 3.8) is 0 Å². The number of carbonyl (C=O) groups is 1. The van der Waals surface area contributed by atoms with Crippen LogP contribution in [0.25, 0.3) is 11.1 Å². The zero-order valence-corrected chi connectivity index (χ0v) is 23.9. The molecule has 1 aliphatic carbocycles. The van der Waals surface area contributed by atoms with Crippen molar-refractivity contribution in [1.29, 1.82) is 0 Å². The van der Waals surface area contributed by atoms with Crippen LogP contribution in [-0.4, -0.2) is 53.0 Å². The maximum atomic E-state index is 14.1. The molecule has 2 aromatic carbocycles. The van der Waals surface area contributed by atoms with Gasteiger partial charge in [-0.2, -0.15) is 0 Å². The molecule has 9 heteroatoms. The Kier molecular flexibility index (Phi) is 10.1. The monoisotopic (exact) mass is 567 g/mol. The SMILES string of the molecule is C[C@@H]1CN(Cc2ccc(-c3cccc(Oc4ncc(F)cc4C(=O)NC4CCC(N)CC4)c3)cc2)C[C@H](C)N1.Cl. The molecule has 1 amide bonds. The van der Waals surface area contributed by atoms with Gasteiger partial charge < -0.3 is 21.1 Å². The normalized spacial score (nSPS) is 23.2. The van der Waals surface area contributed by atoms with Crippen molar-refractivity contribution in [3.05, 3.63) is 77.7 Å². The third-order valence-electron chi connectivity index (χ3n) is 7.54. The molecule has 1 saturated heterocycles. The number of piperazine rings is 1. The van der Waals surface area contributed by atoms with E-state index in [2.05, 4.69) is 58.6 Å². The molecule has 1 aliphatic heterocycles. The van der Waals surface area contributed by atoms with Crippen molar-refractivity contribution in [2.75, 3.05) is 13.1 Å². The quantitative estimate of drug-likeness (QED) is 0.359. The van der Waals surface area contributed by atoms with Crippen LogP contribution < -0.4 is 21.1 Å². The molecule has 1 saturated carbocycles. The van der Waals surface area contributed by atoms with Crippen molar-refractivity contribution in [3.8, 4) is 22.8 Å². The predicted molar refractivity (Wildman–Crippen MR) is 158 cm³/mol. The molecule has 3 aromatic rings. The highest BCUT2D eigenvalue weighted by atomic mass is 35.5. The van der Waals surface area contributed by atoms with Gasteiger partial charge in [0.05, 0.1) is 6.20 Å². The maximum Gasteiger partial charge on any atom is 0.257 e. The van der Waals surface area contributed by atoms with E-state index in [4.69, 9.17) is 10.5 Å². The van der Waals surface area contributed by atoms with Crippen LogP contribution in [0.2, 0.25) is 0 Å². The Morgan fingerprint density at radius 3 is 2.45 bits per heavy atom. The second kappa shape index (κ2) is 13.5. The number of amides is 1. The number of pyridine rings is 1. The number of ether oxygens (including phenoxy) is 1. The minimum absolute atomic E-state index is 0. The number of carbonyl (C=O) groups excluding carboxylic acids is 1. The lowest BCUT2D eigenvalue weighted by Gasteiger charge is -2.36. The van der Waals surface area contributed by atoms with E-state index in [1.807, 2.05) is 18.2 Å². The Labute approximate surface area is 242 Å². The van der Waals surface area contributed by atoms with Gasteiger partial charge in [0.2, 0.25) is 5.88 Å². The first-order valence-corrected chi connectivity index (χ1v) is 13.9. The number of hydrogen-bond donors (Lipinski definition) is 3. The molecule has 0 spiro atoms. The highest BCUT2D eigenvalue weighted by Gasteiger charge is 2.24. The first kappa shape index (κ1) is 29.9. The molecule has 0 radical (unpaired) electrons. The van der Waals surface area contributed by atoms with Crippen LogP contribution in [0.1, 0.15) is 55.5 Å². The lowest BCUT2D eigenvalue weighted by Crippen LogP contribution is -2.53. The molecule has 0 unspecified atom stereocenters. The highest BCUT2D eigenvalue weighted by Crippen LogP contribution is 2.29. The fraction of sp³-hybridized carbons (Fsp3) is 0.419. The van der Waals surface area contributed by atoms with Crippen LogP contribution in [0.3, 0.4) is 0 Å². The number of rotatable bonds is 7. The number of halogens is 2. The molecule has 2 aliphatic rings.